The van der Waals surface area contributed by atoms with Crippen LogP contribution in [0.5, 0.6) is 0 Å². The average molecular weight is 432 g/mol. The van der Waals surface area contributed by atoms with E-state index in [4.69, 9.17) is 4.42 Å². The molecule has 1 aromatic heterocycles. The molecule has 0 aliphatic heterocycles. The van der Waals surface area contributed by atoms with Crippen LogP contribution in [-0.2, 0) is 9.59 Å². The summed E-state index contributed by atoms with van der Waals surface area (Å²) in [6.07, 6.45) is 3.30. The van der Waals surface area contributed by atoms with Gasteiger partial charge in [0.2, 0.25) is 11.8 Å². The van der Waals surface area contributed by atoms with Gasteiger partial charge in [-0.2, -0.15) is 0 Å². The van der Waals surface area contributed by atoms with Crippen molar-refractivity contribution in [3.05, 3.63) is 72.2 Å². The number of carbonyl (C=O) groups is 3. The summed E-state index contributed by atoms with van der Waals surface area (Å²) < 4.78 is 5.08. The van der Waals surface area contributed by atoms with Crippen molar-refractivity contribution in [2.24, 2.45) is 5.92 Å². The van der Waals surface area contributed by atoms with Crippen molar-refractivity contribution >= 4 is 40.5 Å². The molecule has 32 heavy (non-hydrogen) atoms. The van der Waals surface area contributed by atoms with Crippen molar-refractivity contribution in [1.82, 2.24) is 0 Å². The van der Waals surface area contributed by atoms with E-state index in [1.165, 1.54) is 6.26 Å². The van der Waals surface area contributed by atoms with Gasteiger partial charge in [0.1, 0.15) is 0 Å². The Labute approximate surface area is 185 Å². The summed E-state index contributed by atoms with van der Waals surface area (Å²) in [6.45, 7) is 1.89. The number of hydrogen-bond donors (Lipinski definition) is 4. The smallest absolute Gasteiger partial charge is 0.291 e. The van der Waals surface area contributed by atoms with Crippen molar-refractivity contribution in [1.29, 1.82) is 0 Å². The van der Waals surface area contributed by atoms with Crippen LogP contribution >= 0.6 is 0 Å². The molecule has 0 bridgehead atoms. The van der Waals surface area contributed by atoms with Crippen LogP contribution in [0.15, 0.2) is 65.3 Å². The highest BCUT2D eigenvalue weighted by Crippen LogP contribution is 2.31. The maximum Gasteiger partial charge on any atom is 0.291 e. The fraction of sp³-hybridized carbons (Fsp3) is 0.208. The van der Waals surface area contributed by atoms with E-state index in [-0.39, 0.29) is 35.9 Å². The molecule has 3 aromatic rings. The van der Waals surface area contributed by atoms with Gasteiger partial charge < -0.3 is 25.7 Å². The molecule has 0 radical (unpaired) electrons. The van der Waals surface area contributed by atoms with Gasteiger partial charge in [0.05, 0.1) is 12.8 Å². The van der Waals surface area contributed by atoms with Gasteiger partial charge in [0.15, 0.2) is 5.76 Å². The molecule has 2 aromatic carbocycles. The first-order valence-electron chi connectivity index (χ1n) is 10.4. The minimum absolute atomic E-state index is 0.0252. The quantitative estimate of drug-likeness (QED) is 0.425. The molecule has 8 nitrogen and oxygen atoms in total. The molecule has 8 heteroatoms. The molecular formula is C24H24N4O4. The van der Waals surface area contributed by atoms with Crippen LogP contribution in [0.2, 0.25) is 0 Å². The molecule has 1 aliphatic carbocycles. The predicted octanol–water partition coefficient (Wildman–Crippen LogP) is 4.24. The lowest BCUT2D eigenvalue weighted by Crippen LogP contribution is -2.22. The second kappa shape index (κ2) is 9.38. The van der Waals surface area contributed by atoms with Crippen LogP contribution in [0.1, 0.15) is 29.0 Å². The third-order valence-corrected chi connectivity index (χ3v) is 5.13. The second-order valence-electron chi connectivity index (χ2n) is 7.66. The highest BCUT2D eigenvalue weighted by Gasteiger charge is 2.29. The van der Waals surface area contributed by atoms with Crippen molar-refractivity contribution in [3.63, 3.8) is 0 Å². The van der Waals surface area contributed by atoms with E-state index < -0.39 is 0 Å². The average Bonchev–Trinajstić information content (AvgIpc) is 3.49. The van der Waals surface area contributed by atoms with E-state index in [1.54, 1.807) is 48.5 Å². The zero-order valence-electron chi connectivity index (χ0n) is 17.6. The van der Waals surface area contributed by atoms with Gasteiger partial charge in [-0.15, -0.1) is 0 Å². The Morgan fingerprint density at radius 2 is 1.62 bits per heavy atom. The lowest BCUT2D eigenvalue weighted by Gasteiger charge is -2.14. The maximum absolute atomic E-state index is 12.5. The van der Waals surface area contributed by atoms with Gasteiger partial charge in [0, 0.05) is 28.7 Å². The Hall–Kier alpha value is -4.07. The highest BCUT2D eigenvalue weighted by molar-refractivity contribution is 6.02. The van der Waals surface area contributed by atoms with E-state index in [9.17, 15) is 14.4 Å². The summed E-state index contributed by atoms with van der Waals surface area (Å²) in [7, 11) is 0. The molecule has 0 unspecified atom stereocenters. The molecule has 1 heterocycles. The van der Waals surface area contributed by atoms with Crippen molar-refractivity contribution in [3.8, 4) is 0 Å². The zero-order chi connectivity index (χ0) is 22.5. The van der Waals surface area contributed by atoms with E-state index >= 15 is 0 Å². The van der Waals surface area contributed by atoms with Crippen LogP contribution < -0.4 is 21.3 Å². The van der Waals surface area contributed by atoms with Crippen LogP contribution in [0.3, 0.4) is 0 Å². The highest BCUT2D eigenvalue weighted by atomic mass is 16.3. The van der Waals surface area contributed by atoms with Crippen LogP contribution in [0.25, 0.3) is 0 Å². The summed E-state index contributed by atoms with van der Waals surface area (Å²) >= 11 is 0. The van der Waals surface area contributed by atoms with Gasteiger partial charge in [-0.3, -0.25) is 14.4 Å². The first kappa shape index (κ1) is 21.2. The Morgan fingerprint density at radius 3 is 2.34 bits per heavy atom. The topological polar surface area (TPSA) is 112 Å². The molecule has 0 spiro atoms. The summed E-state index contributed by atoms with van der Waals surface area (Å²) in [6, 6.07) is 15.7. The van der Waals surface area contributed by atoms with Crippen molar-refractivity contribution in [2.75, 3.05) is 27.8 Å². The molecule has 1 fully saturated rings. The zero-order valence-corrected chi connectivity index (χ0v) is 17.6. The van der Waals surface area contributed by atoms with Gasteiger partial charge in [-0.25, -0.2) is 0 Å². The minimum Gasteiger partial charge on any atom is -0.459 e. The standard InChI is InChI=1S/C24H24N4O4/c1-15-19(7-3-8-20(15)28-23(30)16-10-11-16)27-22(29)14-25-17-5-2-6-18(13-17)26-24(31)21-9-4-12-32-21/h2-9,12-13,16,25H,10-11,14H2,1H3,(H,26,31)(H,27,29)(H,28,30). The summed E-state index contributed by atoms with van der Waals surface area (Å²) in [4.78, 5) is 36.6. The van der Waals surface area contributed by atoms with Gasteiger partial charge in [0.25, 0.3) is 5.91 Å². The van der Waals surface area contributed by atoms with Crippen molar-refractivity contribution < 1.29 is 18.8 Å². The first-order valence-corrected chi connectivity index (χ1v) is 10.4. The molecule has 4 N–H and O–H groups in total. The van der Waals surface area contributed by atoms with Crippen LogP contribution in [0.4, 0.5) is 22.7 Å². The number of carbonyl (C=O) groups excluding carboxylic acids is 3. The number of nitrogens with one attached hydrogen (secondary N) is 4. The molecule has 164 valence electrons. The number of amides is 3. The Bertz CT molecular complexity index is 1140. The molecule has 1 aliphatic rings. The lowest BCUT2D eigenvalue weighted by molar-refractivity contribution is -0.117. The Kier molecular flexibility index (Phi) is 6.21. The first-order chi connectivity index (χ1) is 15.5. The number of benzene rings is 2. The number of hydrogen-bond acceptors (Lipinski definition) is 5. The van der Waals surface area contributed by atoms with E-state index in [2.05, 4.69) is 21.3 Å². The molecular weight excluding hydrogens is 408 g/mol. The molecule has 0 saturated heterocycles. The van der Waals surface area contributed by atoms with Gasteiger partial charge in [-0.1, -0.05) is 12.1 Å². The normalized spacial score (nSPS) is 12.7. The molecule has 3 amide bonds. The number of rotatable bonds is 8. The molecule has 1 saturated carbocycles. The monoisotopic (exact) mass is 432 g/mol. The van der Waals surface area contributed by atoms with Crippen molar-refractivity contribution in [2.45, 2.75) is 19.8 Å². The molecule has 0 atom stereocenters. The number of anilines is 4. The maximum atomic E-state index is 12.5. The summed E-state index contributed by atoms with van der Waals surface area (Å²) in [5, 5.41) is 11.6. The minimum atomic E-state index is -0.353. The summed E-state index contributed by atoms with van der Waals surface area (Å²) in [5.41, 5.74) is 3.40. The molecule has 4 rings (SSSR count). The third-order valence-electron chi connectivity index (χ3n) is 5.13. The summed E-state index contributed by atoms with van der Waals surface area (Å²) in [5.74, 6) is -0.236. The van der Waals surface area contributed by atoms with E-state index in [1.807, 2.05) is 13.0 Å². The van der Waals surface area contributed by atoms with Gasteiger partial charge >= 0.3 is 0 Å². The van der Waals surface area contributed by atoms with Crippen LogP contribution in [0, 0.1) is 12.8 Å². The Balaban J connectivity index is 1.32. The lowest BCUT2D eigenvalue weighted by atomic mass is 10.1. The van der Waals surface area contributed by atoms with E-state index in [0.717, 1.165) is 18.4 Å². The Morgan fingerprint density at radius 1 is 0.906 bits per heavy atom. The van der Waals surface area contributed by atoms with E-state index in [0.29, 0.717) is 22.7 Å². The fourth-order valence-corrected chi connectivity index (χ4v) is 3.17. The fourth-order valence-electron chi connectivity index (χ4n) is 3.17. The van der Waals surface area contributed by atoms with Crippen LogP contribution in [-0.4, -0.2) is 24.3 Å². The third kappa shape index (κ3) is 5.34. The number of furan rings is 1. The largest absolute Gasteiger partial charge is 0.459 e. The van der Waals surface area contributed by atoms with Gasteiger partial charge in [-0.05, 0) is 67.8 Å². The second-order valence-corrected chi connectivity index (χ2v) is 7.66. The SMILES string of the molecule is Cc1c(NC(=O)CNc2cccc(NC(=O)c3ccco3)c2)cccc1NC(=O)C1CC1. The predicted molar refractivity (Wildman–Crippen MR) is 123 cm³/mol.